The van der Waals surface area contributed by atoms with Crippen LogP contribution in [-0.2, 0) is 4.79 Å². The predicted molar refractivity (Wildman–Crippen MR) is 71.3 cm³/mol. The van der Waals surface area contributed by atoms with E-state index < -0.39 is 0 Å². The van der Waals surface area contributed by atoms with Crippen molar-refractivity contribution in [3.8, 4) is 0 Å². The van der Waals surface area contributed by atoms with Crippen LogP contribution in [0.15, 0.2) is 0 Å². The first kappa shape index (κ1) is 12.4. The summed E-state index contributed by atoms with van der Waals surface area (Å²) in [5.41, 5.74) is 7.00. The topological polar surface area (TPSA) is 68.0 Å². The van der Waals surface area contributed by atoms with Crippen LogP contribution in [0, 0.1) is 0 Å². The molecular formula is C12H19N3OS. The van der Waals surface area contributed by atoms with E-state index in [1.165, 1.54) is 43.4 Å². The lowest BCUT2D eigenvalue weighted by Crippen LogP contribution is -2.10. The summed E-state index contributed by atoms with van der Waals surface area (Å²) in [5, 5.41) is 4.20. The Morgan fingerprint density at radius 2 is 2.18 bits per heavy atom. The third-order valence-electron chi connectivity index (χ3n) is 3.24. The molecule has 17 heavy (non-hydrogen) atoms. The molecule has 1 aliphatic rings. The maximum atomic E-state index is 11.3. The Balaban J connectivity index is 2.09. The summed E-state index contributed by atoms with van der Waals surface area (Å²) in [6, 6.07) is 0. The number of nitrogens with two attached hydrogens (primary N) is 1. The number of nitrogen functional groups attached to an aromatic ring is 1. The quantitative estimate of drug-likeness (QED) is 0.869. The van der Waals surface area contributed by atoms with Crippen LogP contribution in [0.2, 0.25) is 0 Å². The standard InChI is InChI=1S/C12H19N3OS/c1-2-9(16)14-12-15-10(11(13)17-12)8-6-4-3-5-7-8/h8H,2-7,13H2,1H3,(H,14,15,16). The number of carbonyl (C=O) groups excluding carboxylic acids is 1. The maximum Gasteiger partial charge on any atom is 0.225 e. The molecule has 1 aromatic rings. The molecule has 1 heterocycles. The van der Waals surface area contributed by atoms with E-state index in [1.54, 1.807) is 0 Å². The summed E-state index contributed by atoms with van der Waals surface area (Å²) in [6.45, 7) is 1.83. The molecule has 1 aromatic heterocycles. The fourth-order valence-corrected chi connectivity index (χ4v) is 3.11. The van der Waals surface area contributed by atoms with Crippen LogP contribution in [0.1, 0.15) is 57.1 Å². The van der Waals surface area contributed by atoms with E-state index in [9.17, 15) is 4.79 Å². The SMILES string of the molecule is CCC(=O)Nc1nc(C2CCCCC2)c(N)s1. The van der Waals surface area contributed by atoms with Crippen molar-refractivity contribution in [2.45, 2.75) is 51.4 Å². The third-order valence-corrected chi connectivity index (χ3v) is 4.06. The fraction of sp³-hybridized carbons (Fsp3) is 0.667. The van der Waals surface area contributed by atoms with Crippen LogP contribution in [0.25, 0.3) is 0 Å². The van der Waals surface area contributed by atoms with Gasteiger partial charge in [0.1, 0.15) is 5.00 Å². The van der Waals surface area contributed by atoms with E-state index in [1.807, 2.05) is 6.92 Å². The highest BCUT2D eigenvalue weighted by Crippen LogP contribution is 2.38. The summed E-state index contributed by atoms with van der Waals surface area (Å²) < 4.78 is 0. The lowest BCUT2D eigenvalue weighted by Gasteiger charge is -2.19. The maximum absolute atomic E-state index is 11.3. The first-order valence-electron chi connectivity index (χ1n) is 6.26. The number of nitrogens with zero attached hydrogens (tertiary/aromatic N) is 1. The van der Waals surface area contributed by atoms with E-state index in [2.05, 4.69) is 10.3 Å². The molecule has 1 fully saturated rings. The minimum atomic E-state index is -0.00561. The van der Waals surface area contributed by atoms with Crippen LogP contribution < -0.4 is 11.1 Å². The molecular weight excluding hydrogens is 234 g/mol. The highest BCUT2D eigenvalue weighted by atomic mass is 32.1. The van der Waals surface area contributed by atoms with Gasteiger partial charge in [0.15, 0.2) is 5.13 Å². The first-order chi connectivity index (χ1) is 8.20. The molecule has 1 aliphatic carbocycles. The molecule has 94 valence electrons. The second-order valence-electron chi connectivity index (χ2n) is 4.51. The van der Waals surface area contributed by atoms with E-state index in [4.69, 9.17) is 5.73 Å². The number of carbonyl (C=O) groups is 1. The van der Waals surface area contributed by atoms with Gasteiger partial charge < -0.3 is 11.1 Å². The Kier molecular flexibility index (Phi) is 3.99. The number of hydrogen-bond acceptors (Lipinski definition) is 4. The van der Waals surface area contributed by atoms with E-state index in [-0.39, 0.29) is 5.91 Å². The highest BCUT2D eigenvalue weighted by Gasteiger charge is 2.21. The molecule has 0 bridgehead atoms. The minimum absolute atomic E-state index is 0.00561. The monoisotopic (exact) mass is 253 g/mol. The predicted octanol–water partition coefficient (Wildman–Crippen LogP) is 3.12. The minimum Gasteiger partial charge on any atom is -0.389 e. The number of thiazole rings is 1. The Bertz CT molecular complexity index is 396. The van der Waals surface area contributed by atoms with Gasteiger partial charge in [-0.1, -0.05) is 37.5 Å². The molecule has 0 unspecified atom stereocenters. The molecule has 5 heteroatoms. The molecule has 1 saturated carbocycles. The zero-order chi connectivity index (χ0) is 12.3. The van der Waals surface area contributed by atoms with Crippen molar-refractivity contribution in [1.29, 1.82) is 0 Å². The number of hydrogen-bond donors (Lipinski definition) is 2. The van der Waals surface area contributed by atoms with Gasteiger partial charge in [-0.15, -0.1) is 0 Å². The highest BCUT2D eigenvalue weighted by molar-refractivity contribution is 7.19. The van der Waals surface area contributed by atoms with Crippen molar-refractivity contribution in [3.05, 3.63) is 5.69 Å². The Morgan fingerprint density at radius 3 is 2.82 bits per heavy atom. The molecule has 0 atom stereocenters. The molecule has 0 radical (unpaired) electrons. The second kappa shape index (κ2) is 5.49. The van der Waals surface area contributed by atoms with Gasteiger partial charge in [0, 0.05) is 12.3 Å². The Hall–Kier alpha value is -1.10. The van der Waals surface area contributed by atoms with Crippen LogP contribution in [0.4, 0.5) is 10.1 Å². The second-order valence-corrected chi connectivity index (χ2v) is 5.54. The van der Waals surface area contributed by atoms with Gasteiger partial charge in [0.25, 0.3) is 0 Å². The first-order valence-corrected chi connectivity index (χ1v) is 7.08. The number of rotatable bonds is 3. The summed E-state index contributed by atoms with van der Waals surface area (Å²) in [7, 11) is 0. The number of anilines is 2. The molecule has 0 aliphatic heterocycles. The third kappa shape index (κ3) is 2.97. The number of aromatic nitrogens is 1. The molecule has 0 aromatic carbocycles. The largest absolute Gasteiger partial charge is 0.389 e. The van der Waals surface area contributed by atoms with Gasteiger partial charge in [0.2, 0.25) is 5.91 Å². The molecule has 3 N–H and O–H groups in total. The number of amides is 1. The van der Waals surface area contributed by atoms with Gasteiger partial charge in [-0.05, 0) is 12.8 Å². The Labute approximate surface area is 106 Å². The average molecular weight is 253 g/mol. The van der Waals surface area contributed by atoms with Crippen LogP contribution >= 0.6 is 11.3 Å². The molecule has 1 amide bonds. The normalized spacial score (nSPS) is 17.0. The van der Waals surface area contributed by atoms with E-state index in [0.717, 1.165) is 10.7 Å². The van der Waals surface area contributed by atoms with Crippen molar-refractivity contribution >= 4 is 27.4 Å². The lowest BCUT2D eigenvalue weighted by atomic mass is 9.87. The van der Waals surface area contributed by atoms with Gasteiger partial charge in [-0.25, -0.2) is 4.98 Å². The average Bonchev–Trinajstić information content (AvgIpc) is 2.71. The summed E-state index contributed by atoms with van der Waals surface area (Å²) in [6.07, 6.45) is 6.67. The van der Waals surface area contributed by atoms with Gasteiger partial charge in [-0.2, -0.15) is 0 Å². The van der Waals surface area contributed by atoms with Gasteiger partial charge >= 0.3 is 0 Å². The van der Waals surface area contributed by atoms with Gasteiger partial charge in [0.05, 0.1) is 5.69 Å². The van der Waals surface area contributed by atoms with Crippen molar-refractivity contribution in [3.63, 3.8) is 0 Å². The summed E-state index contributed by atoms with van der Waals surface area (Å²) in [4.78, 5) is 15.8. The van der Waals surface area contributed by atoms with Crippen molar-refractivity contribution in [2.24, 2.45) is 0 Å². The van der Waals surface area contributed by atoms with Crippen LogP contribution in [-0.4, -0.2) is 10.9 Å². The van der Waals surface area contributed by atoms with Crippen molar-refractivity contribution < 1.29 is 4.79 Å². The molecule has 4 nitrogen and oxygen atoms in total. The molecule has 0 saturated heterocycles. The number of nitrogens with one attached hydrogen (secondary N) is 1. The molecule has 0 spiro atoms. The van der Waals surface area contributed by atoms with E-state index in [0.29, 0.717) is 17.5 Å². The van der Waals surface area contributed by atoms with E-state index >= 15 is 0 Å². The molecule has 2 rings (SSSR count). The zero-order valence-electron chi connectivity index (χ0n) is 10.2. The van der Waals surface area contributed by atoms with Crippen LogP contribution in [0.5, 0.6) is 0 Å². The van der Waals surface area contributed by atoms with Gasteiger partial charge in [-0.3, -0.25) is 4.79 Å². The Morgan fingerprint density at radius 1 is 1.47 bits per heavy atom. The van der Waals surface area contributed by atoms with Crippen molar-refractivity contribution in [1.82, 2.24) is 4.98 Å². The fourth-order valence-electron chi connectivity index (χ4n) is 2.27. The van der Waals surface area contributed by atoms with Crippen LogP contribution in [0.3, 0.4) is 0 Å². The zero-order valence-corrected chi connectivity index (χ0v) is 11.0. The van der Waals surface area contributed by atoms with Crippen molar-refractivity contribution in [2.75, 3.05) is 11.1 Å². The summed E-state index contributed by atoms with van der Waals surface area (Å²) in [5.74, 6) is 0.487. The smallest absolute Gasteiger partial charge is 0.225 e. The lowest BCUT2D eigenvalue weighted by molar-refractivity contribution is -0.115. The summed E-state index contributed by atoms with van der Waals surface area (Å²) >= 11 is 1.39.